The lowest BCUT2D eigenvalue weighted by Gasteiger charge is -2.17. The van der Waals surface area contributed by atoms with E-state index in [1.54, 1.807) is 6.07 Å². The van der Waals surface area contributed by atoms with Crippen molar-refractivity contribution in [2.75, 3.05) is 0 Å². The van der Waals surface area contributed by atoms with Crippen molar-refractivity contribution in [1.82, 2.24) is 0 Å². The highest BCUT2D eigenvalue weighted by molar-refractivity contribution is 7.50. The van der Waals surface area contributed by atoms with Gasteiger partial charge in [0, 0.05) is 10.9 Å². The Morgan fingerprint density at radius 1 is 1.16 bits per heavy atom. The largest absolute Gasteiger partial charge is 0.490 e. The molecule has 5 heteroatoms. The summed E-state index contributed by atoms with van der Waals surface area (Å²) >= 11 is 0. The van der Waals surface area contributed by atoms with Crippen molar-refractivity contribution >= 4 is 18.4 Å². The molecule has 19 heavy (non-hydrogen) atoms. The summed E-state index contributed by atoms with van der Waals surface area (Å²) in [5.41, 5.74) is 0.542. The molecule has 0 aromatic heterocycles. The van der Waals surface area contributed by atoms with Gasteiger partial charge in [-0.05, 0) is 19.2 Å². The number of fused-ring (bicyclic) bond motifs is 1. The topological polar surface area (TPSA) is 66.8 Å². The van der Waals surface area contributed by atoms with Gasteiger partial charge in [0.2, 0.25) is 0 Å². The Labute approximate surface area is 112 Å². The van der Waals surface area contributed by atoms with Crippen LogP contribution >= 0.6 is 7.60 Å². The fraction of sp³-hybridized carbons (Fsp3) is 0.286. The molecule has 2 aromatic rings. The summed E-state index contributed by atoms with van der Waals surface area (Å²) in [6, 6.07) is 11.2. The lowest BCUT2D eigenvalue weighted by Crippen LogP contribution is -2.08. The first-order valence-electron chi connectivity index (χ1n) is 6.08. The van der Waals surface area contributed by atoms with Gasteiger partial charge >= 0.3 is 7.60 Å². The second-order valence-corrected chi connectivity index (χ2v) is 6.41. The second kappa shape index (κ2) is 5.33. The predicted molar refractivity (Wildman–Crippen MR) is 75.5 cm³/mol. The number of rotatable bonds is 4. The molecule has 0 saturated heterocycles. The average molecular weight is 280 g/mol. The predicted octanol–water partition coefficient (Wildman–Crippen LogP) is 3.30. The molecule has 0 aliphatic rings. The van der Waals surface area contributed by atoms with Crippen LogP contribution in [0.15, 0.2) is 36.4 Å². The van der Waals surface area contributed by atoms with Crippen molar-refractivity contribution < 1.29 is 19.1 Å². The lowest BCUT2D eigenvalue weighted by atomic mass is 10.1. The third-order valence-corrected chi connectivity index (χ3v) is 3.44. The number of hydrogen-bond donors (Lipinski definition) is 2. The van der Waals surface area contributed by atoms with Gasteiger partial charge in [-0.25, -0.2) is 0 Å². The van der Waals surface area contributed by atoms with Crippen LogP contribution in [0.25, 0.3) is 10.8 Å². The van der Waals surface area contributed by atoms with Crippen molar-refractivity contribution in [3.8, 4) is 5.75 Å². The highest BCUT2D eigenvalue weighted by atomic mass is 31.2. The third kappa shape index (κ3) is 3.57. The summed E-state index contributed by atoms with van der Waals surface area (Å²) < 4.78 is 17.0. The minimum absolute atomic E-state index is 0.0543. The summed E-state index contributed by atoms with van der Waals surface area (Å²) in [5.74, 6) is 0.566. The van der Waals surface area contributed by atoms with Crippen molar-refractivity contribution in [1.29, 1.82) is 0 Å². The minimum Gasteiger partial charge on any atom is -0.490 e. The molecular weight excluding hydrogens is 263 g/mol. The molecule has 0 aliphatic carbocycles. The van der Waals surface area contributed by atoms with Crippen LogP contribution in [0.3, 0.4) is 0 Å². The first-order valence-corrected chi connectivity index (χ1v) is 7.88. The number of ether oxygens (including phenoxy) is 1. The van der Waals surface area contributed by atoms with Crippen LogP contribution in [0.4, 0.5) is 0 Å². The molecule has 0 unspecified atom stereocenters. The maximum atomic E-state index is 11.2. The Hall–Kier alpha value is -1.35. The van der Waals surface area contributed by atoms with Crippen LogP contribution in [0.1, 0.15) is 19.4 Å². The van der Waals surface area contributed by atoms with Gasteiger partial charge in [0.25, 0.3) is 0 Å². The molecule has 0 heterocycles. The van der Waals surface area contributed by atoms with Gasteiger partial charge in [0.05, 0.1) is 12.3 Å². The Morgan fingerprint density at radius 3 is 2.47 bits per heavy atom. The maximum Gasteiger partial charge on any atom is 0.330 e. The van der Waals surface area contributed by atoms with Crippen molar-refractivity contribution in [2.24, 2.45) is 0 Å². The third-order valence-electron chi connectivity index (χ3n) is 2.69. The summed E-state index contributed by atoms with van der Waals surface area (Å²) in [7, 11) is -4.12. The quantitative estimate of drug-likeness (QED) is 0.843. The molecule has 4 nitrogen and oxygen atoms in total. The van der Waals surface area contributed by atoms with Crippen LogP contribution in [0, 0.1) is 0 Å². The van der Waals surface area contributed by atoms with Crippen LogP contribution < -0.4 is 4.74 Å². The molecule has 2 rings (SSSR count). The molecule has 0 spiro atoms. The lowest BCUT2D eigenvalue weighted by molar-refractivity contribution is 0.243. The van der Waals surface area contributed by atoms with Gasteiger partial charge in [-0.3, -0.25) is 4.57 Å². The SMILES string of the molecule is CC(C)Oc1c(CP(=O)(O)O)ccc2ccccc12. The first-order chi connectivity index (χ1) is 8.87. The summed E-state index contributed by atoms with van der Waals surface area (Å²) in [5, 5.41) is 1.87. The maximum absolute atomic E-state index is 11.2. The first kappa shape index (κ1) is 14.1. The molecular formula is C14H17O4P. The molecule has 0 radical (unpaired) electrons. The van der Waals surface area contributed by atoms with Gasteiger partial charge in [-0.15, -0.1) is 0 Å². The Kier molecular flexibility index (Phi) is 3.95. The van der Waals surface area contributed by atoms with Crippen LogP contribution in [0.5, 0.6) is 5.75 Å². The zero-order valence-electron chi connectivity index (χ0n) is 10.9. The van der Waals surface area contributed by atoms with Crippen LogP contribution in [-0.2, 0) is 10.7 Å². The van der Waals surface area contributed by atoms with Crippen molar-refractivity contribution in [2.45, 2.75) is 26.1 Å². The van der Waals surface area contributed by atoms with Gasteiger partial charge < -0.3 is 14.5 Å². The Balaban J connectivity index is 2.59. The summed E-state index contributed by atoms with van der Waals surface area (Å²) in [6.45, 7) is 3.78. The molecule has 0 saturated carbocycles. The van der Waals surface area contributed by atoms with E-state index in [0.717, 1.165) is 10.8 Å². The summed E-state index contributed by atoms with van der Waals surface area (Å²) in [4.78, 5) is 18.3. The van der Waals surface area contributed by atoms with E-state index in [9.17, 15) is 4.57 Å². The van der Waals surface area contributed by atoms with E-state index in [0.29, 0.717) is 11.3 Å². The van der Waals surface area contributed by atoms with Gasteiger partial charge in [-0.2, -0.15) is 0 Å². The molecule has 0 fully saturated rings. The smallest absolute Gasteiger partial charge is 0.330 e. The number of benzene rings is 2. The molecule has 0 bridgehead atoms. The number of hydrogen-bond acceptors (Lipinski definition) is 2. The molecule has 0 amide bonds. The van der Waals surface area contributed by atoms with E-state index in [4.69, 9.17) is 14.5 Å². The standard InChI is InChI=1S/C14H17O4P/c1-10(2)18-14-12(9-19(15,16)17)8-7-11-5-3-4-6-13(11)14/h3-8,10H,9H2,1-2H3,(H2,15,16,17). The summed E-state index contributed by atoms with van der Waals surface area (Å²) in [6.07, 6.45) is -0.360. The van der Waals surface area contributed by atoms with Crippen LogP contribution in [0.2, 0.25) is 0 Å². The van der Waals surface area contributed by atoms with E-state index in [1.807, 2.05) is 44.2 Å². The van der Waals surface area contributed by atoms with E-state index in [-0.39, 0.29) is 12.3 Å². The van der Waals surface area contributed by atoms with Gasteiger partial charge in [0.15, 0.2) is 0 Å². The van der Waals surface area contributed by atoms with Crippen molar-refractivity contribution in [3.63, 3.8) is 0 Å². The zero-order chi connectivity index (χ0) is 14.0. The molecule has 2 aromatic carbocycles. The van der Waals surface area contributed by atoms with E-state index >= 15 is 0 Å². The molecule has 0 aliphatic heterocycles. The van der Waals surface area contributed by atoms with E-state index in [1.165, 1.54) is 0 Å². The fourth-order valence-corrected chi connectivity index (χ4v) is 2.70. The Morgan fingerprint density at radius 2 is 1.84 bits per heavy atom. The van der Waals surface area contributed by atoms with Gasteiger partial charge in [0.1, 0.15) is 5.75 Å². The minimum atomic E-state index is -4.12. The normalized spacial score (nSPS) is 12.1. The van der Waals surface area contributed by atoms with Crippen molar-refractivity contribution in [3.05, 3.63) is 42.0 Å². The van der Waals surface area contributed by atoms with Gasteiger partial charge in [-0.1, -0.05) is 36.4 Å². The average Bonchev–Trinajstić information content (AvgIpc) is 2.30. The fourth-order valence-electron chi connectivity index (χ4n) is 2.01. The zero-order valence-corrected chi connectivity index (χ0v) is 11.8. The van der Waals surface area contributed by atoms with E-state index in [2.05, 4.69) is 0 Å². The highest BCUT2D eigenvalue weighted by Gasteiger charge is 2.19. The second-order valence-electron chi connectivity index (χ2n) is 4.76. The Bertz CT molecular complexity index is 630. The molecule has 102 valence electrons. The monoisotopic (exact) mass is 280 g/mol. The molecule has 0 atom stereocenters. The molecule has 2 N–H and O–H groups in total. The van der Waals surface area contributed by atoms with E-state index < -0.39 is 7.60 Å². The van der Waals surface area contributed by atoms with Crippen LogP contribution in [-0.4, -0.2) is 15.9 Å². The highest BCUT2D eigenvalue weighted by Crippen LogP contribution is 2.43.